The van der Waals surface area contributed by atoms with Gasteiger partial charge in [0.05, 0.1) is 18.7 Å². The number of carbonyl (C=O) groups excluding carboxylic acids is 2. The minimum absolute atomic E-state index is 0.0490. The summed E-state index contributed by atoms with van der Waals surface area (Å²) in [7, 11) is 1.64. The van der Waals surface area contributed by atoms with E-state index in [1.807, 2.05) is 54.6 Å². The molecule has 0 radical (unpaired) electrons. The fourth-order valence-corrected chi connectivity index (χ4v) is 4.04. The SMILES string of the molecule is CCOC(=O)COc1ccc(CCN(CC(=O)c2ccc3c(c2)oc(=O)n3C)Cc2ccccc2)cc1. The molecule has 0 bridgehead atoms. The van der Waals surface area contributed by atoms with Crippen molar-refractivity contribution in [3.63, 3.8) is 0 Å². The maximum atomic E-state index is 13.2. The van der Waals surface area contributed by atoms with Crippen LogP contribution in [-0.4, -0.2) is 47.5 Å². The largest absolute Gasteiger partial charge is 0.482 e. The molecule has 192 valence electrons. The Bertz CT molecular complexity index is 1410. The van der Waals surface area contributed by atoms with Crippen molar-refractivity contribution < 1.29 is 23.5 Å². The number of benzene rings is 3. The summed E-state index contributed by atoms with van der Waals surface area (Å²) in [5.41, 5.74) is 3.75. The average molecular weight is 503 g/mol. The Morgan fingerprint density at radius 1 is 0.973 bits per heavy atom. The summed E-state index contributed by atoms with van der Waals surface area (Å²) < 4.78 is 17.0. The second-order valence-electron chi connectivity index (χ2n) is 8.72. The molecule has 0 aliphatic rings. The second kappa shape index (κ2) is 12.2. The van der Waals surface area contributed by atoms with Crippen LogP contribution in [0.5, 0.6) is 5.75 Å². The summed E-state index contributed by atoms with van der Waals surface area (Å²) in [4.78, 5) is 38.6. The van der Waals surface area contributed by atoms with Gasteiger partial charge in [0.2, 0.25) is 0 Å². The zero-order valence-corrected chi connectivity index (χ0v) is 21.0. The minimum Gasteiger partial charge on any atom is -0.482 e. The number of hydrogen-bond acceptors (Lipinski definition) is 7. The van der Waals surface area contributed by atoms with E-state index in [1.165, 1.54) is 4.57 Å². The van der Waals surface area contributed by atoms with Crippen LogP contribution in [0.15, 0.2) is 82.0 Å². The topological polar surface area (TPSA) is 91.0 Å². The van der Waals surface area contributed by atoms with Gasteiger partial charge in [-0.25, -0.2) is 9.59 Å². The van der Waals surface area contributed by atoms with Crippen LogP contribution >= 0.6 is 0 Å². The maximum Gasteiger partial charge on any atom is 0.419 e. The first-order valence-corrected chi connectivity index (χ1v) is 12.2. The normalized spacial score (nSPS) is 11.1. The van der Waals surface area contributed by atoms with E-state index in [2.05, 4.69) is 4.90 Å². The third kappa shape index (κ3) is 6.95. The van der Waals surface area contributed by atoms with Crippen molar-refractivity contribution in [2.45, 2.75) is 19.9 Å². The highest BCUT2D eigenvalue weighted by atomic mass is 16.6. The van der Waals surface area contributed by atoms with Gasteiger partial charge in [-0.15, -0.1) is 0 Å². The van der Waals surface area contributed by atoms with Gasteiger partial charge < -0.3 is 13.9 Å². The molecule has 0 saturated carbocycles. The van der Waals surface area contributed by atoms with E-state index < -0.39 is 11.7 Å². The molecule has 0 aliphatic carbocycles. The number of oxazole rings is 1. The van der Waals surface area contributed by atoms with E-state index in [0.717, 1.165) is 17.5 Å². The summed E-state index contributed by atoms with van der Waals surface area (Å²) in [5, 5.41) is 0. The molecule has 37 heavy (non-hydrogen) atoms. The number of fused-ring (bicyclic) bond motifs is 1. The Morgan fingerprint density at radius 2 is 1.73 bits per heavy atom. The molecule has 0 N–H and O–H groups in total. The Hall–Kier alpha value is -4.17. The molecule has 4 rings (SSSR count). The summed E-state index contributed by atoms with van der Waals surface area (Å²) >= 11 is 0. The predicted molar refractivity (Wildman–Crippen MR) is 140 cm³/mol. The molecule has 0 saturated heterocycles. The van der Waals surface area contributed by atoms with Crippen molar-refractivity contribution in [2.75, 3.05) is 26.3 Å². The lowest BCUT2D eigenvalue weighted by Crippen LogP contribution is -2.31. The van der Waals surface area contributed by atoms with Crippen molar-refractivity contribution in [3.8, 4) is 5.75 Å². The second-order valence-corrected chi connectivity index (χ2v) is 8.72. The fourth-order valence-electron chi connectivity index (χ4n) is 4.04. The zero-order chi connectivity index (χ0) is 26.2. The molecule has 0 unspecified atom stereocenters. The van der Waals surface area contributed by atoms with E-state index in [4.69, 9.17) is 13.9 Å². The Labute approximate surface area is 215 Å². The van der Waals surface area contributed by atoms with Gasteiger partial charge in [0.25, 0.3) is 0 Å². The van der Waals surface area contributed by atoms with Gasteiger partial charge in [-0.3, -0.25) is 14.3 Å². The summed E-state index contributed by atoms with van der Waals surface area (Å²) in [6.45, 7) is 3.45. The number of carbonyl (C=O) groups is 2. The first-order chi connectivity index (χ1) is 17.9. The van der Waals surface area contributed by atoms with Gasteiger partial charge in [-0.2, -0.15) is 0 Å². The number of aryl methyl sites for hydroxylation is 1. The van der Waals surface area contributed by atoms with Gasteiger partial charge in [-0.1, -0.05) is 42.5 Å². The molecule has 0 spiro atoms. The Balaban J connectivity index is 1.42. The summed E-state index contributed by atoms with van der Waals surface area (Å²) in [5.74, 6) is -0.313. The molecule has 0 aliphatic heterocycles. The van der Waals surface area contributed by atoms with Crippen LogP contribution in [0.1, 0.15) is 28.4 Å². The Morgan fingerprint density at radius 3 is 2.46 bits per heavy atom. The molecule has 4 aromatic rings. The first kappa shape index (κ1) is 25.9. The fraction of sp³-hybridized carbons (Fsp3) is 0.276. The molecule has 1 aromatic heterocycles. The number of aromatic nitrogens is 1. The smallest absolute Gasteiger partial charge is 0.419 e. The van der Waals surface area contributed by atoms with Crippen LogP contribution < -0.4 is 10.5 Å². The minimum atomic E-state index is -0.456. The van der Waals surface area contributed by atoms with Crippen LogP contribution in [0.4, 0.5) is 0 Å². The maximum absolute atomic E-state index is 13.2. The van der Waals surface area contributed by atoms with Gasteiger partial charge in [-0.05, 0) is 54.8 Å². The highest BCUT2D eigenvalue weighted by molar-refractivity contribution is 6.00. The number of ketones is 1. The molecule has 8 heteroatoms. The highest BCUT2D eigenvalue weighted by Crippen LogP contribution is 2.17. The third-order valence-electron chi connectivity index (χ3n) is 6.03. The third-order valence-corrected chi connectivity index (χ3v) is 6.03. The lowest BCUT2D eigenvalue weighted by atomic mass is 10.1. The van der Waals surface area contributed by atoms with Crippen molar-refractivity contribution in [1.82, 2.24) is 9.47 Å². The van der Waals surface area contributed by atoms with Crippen molar-refractivity contribution >= 4 is 22.9 Å². The van der Waals surface area contributed by atoms with E-state index in [-0.39, 0.29) is 18.9 Å². The lowest BCUT2D eigenvalue weighted by molar-refractivity contribution is -0.145. The van der Waals surface area contributed by atoms with Crippen molar-refractivity contribution in [1.29, 1.82) is 0 Å². The number of esters is 1. The highest BCUT2D eigenvalue weighted by Gasteiger charge is 2.16. The summed E-state index contributed by atoms with van der Waals surface area (Å²) in [6.07, 6.45) is 0.727. The Kier molecular flexibility index (Phi) is 8.53. The molecule has 0 amide bonds. The lowest BCUT2D eigenvalue weighted by Gasteiger charge is -2.22. The molecular weight excluding hydrogens is 472 g/mol. The van der Waals surface area contributed by atoms with Crippen LogP contribution in [0.2, 0.25) is 0 Å². The average Bonchev–Trinajstić information content (AvgIpc) is 3.19. The molecule has 1 heterocycles. The zero-order valence-electron chi connectivity index (χ0n) is 21.0. The van der Waals surface area contributed by atoms with Crippen LogP contribution in [0, 0.1) is 0 Å². The molecule has 8 nitrogen and oxygen atoms in total. The standard InChI is InChI=1S/C29H30N2O6/c1-3-35-28(33)20-36-24-12-9-21(10-13-24)15-16-31(18-22-7-5-4-6-8-22)19-26(32)23-11-14-25-27(17-23)37-29(34)30(25)2/h4-14,17H,3,15-16,18-20H2,1-2H3. The van der Waals surface area contributed by atoms with Gasteiger partial charge in [0.1, 0.15) is 5.75 Å². The number of nitrogens with zero attached hydrogens (tertiary/aromatic N) is 2. The monoisotopic (exact) mass is 502 g/mol. The van der Waals surface area contributed by atoms with E-state index >= 15 is 0 Å². The summed E-state index contributed by atoms with van der Waals surface area (Å²) in [6, 6.07) is 22.7. The van der Waals surface area contributed by atoms with E-state index in [1.54, 1.807) is 32.2 Å². The number of rotatable bonds is 12. The first-order valence-electron chi connectivity index (χ1n) is 12.2. The predicted octanol–water partition coefficient (Wildman–Crippen LogP) is 4.00. The molecule has 3 aromatic carbocycles. The molecular formula is C29H30N2O6. The number of hydrogen-bond donors (Lipinski definition) is 0. The van der Waals surface area contributed by atoms with Crippen molar-refractivity contribution in [2.24, 2.45) is 7.05 Å². The molecule has 0 fully saturated rings. The van der Waals surface area contributed by atoms with Crippen LogP contribution in [0.3, 0.4) is 0 Å². The van der Waals surface area contributed by atoms with Gasteiger partial charge in [0, 0.05) is 25.7 Å². The number of Topliss-reactive ketones (excluding diaryl/α,β-unsaturated/α-hetero) is 1. The molecule has 0 atom stereocenters. The van der Waals surface area contributed by atoms with E-state index in [0.29, 0.717) is 42.1 Å². The van der Waals surface area contributed by atoms with Gasteiger partial charge >= 0.3 is 11.7 Å². The number of ether oxygens (including phenoxy) is 2. The van der Waals surface area contributed by atoms with Crippen LogP contribution in [-0.2, 0) is 29.5 Å². The van der Waals surface area contributed by atoms with Crippen molar-refractivity contribution in [3.05, 3.63) is 100 Å². The van der Waals surface area contributed by atoms with E-state index in [9.17, 15) is 14.4 Å². The quantitative estimate of drug-likeness (QED) is 0.214. The van der Waals surface area contributed by atoms with Gasteiger partial charge in [0.15, 0.2) is 18.0 Å². The van der Waals surface area contributed by atoms with Crippen LogP contribution in [0.25, 0.3) is 11.1 Å².